The molecule has 0 spiro atoms. The fourth-order valence-electron chi connectivity index (χ4n) is 2.81. The van der Waals surface area contributed by atoms with Crippen LogP contribution in [-0.4, -0.2) is 17.1 Å². The summed E-state index contributed by atoms with van der Waals surface area (Å²) in [6.07, 6.45) is 0. The fourth-order valence-corrected chi connectivity index (χ4v) is 3.78. The van der Waals surface area contributed by atoms with Crippen LogP contribution in [0.1, 0.15) is 5.82 Å². The smallest absolute Gasteiger partial charge is 0.260 e. The molecule has 0 atom stereocenters. The zero-order valence-electron chi connectivity index (χ0n) is 14.5. The van der Waals surface area contributed by atoms with Gasteiger partial charge in [-0.2, -0.15) is 0 Å². The SMILES string of the molecule is COc1ccc(NCc2nc3scc(-c4ccc(F)cc4)c3c(=O)[nH]2)cc1. The molecule has 2 aromatic carbocycles. The van der Waals surface area contributed by atoms with Crippen LogP contribution in [0.2, 0.25) is 0 Å². The maximum atomic E-state index is 13.1. The van der Waals surface area contributed by atoms with Gasteiger partial charge in [0.2, 0.25) is 0 Å². The zero-order chi connectivity index (χ0) is 18.8. The Kier molecular flexibility index (Phi) is 4.60. The Bertz CT molecular complexity index is 1130. The first-order valence-corrected chi connectivity index (χ1v) is 9.16. The third-order valence-corrected chi connectivity index (χ3v) is 5.07. The summed E-state index contributed by atoms with van der Waals surface area (Å²) in [5.74, 6) is 1.02. The minimum atomic E-state index is -0.308. The number of aromatic amines is 1. The van der Waals surface area contributed by atoms with Crippen molar-refractivity contribution in [1.82, 2.24) is 9.97 Å². The lowest BCUT2D eigenvalue weighted by atomic mass is 10.1. The molecule has 0 radical (unpaired) electrons. The first-order chi connectivity index (χ1) is 13.1. The van der Waals surface area contributed by atoms with Crippen LogP contribution in [0.5, 0.6) is 5.75 Å². The Morgan fingerprint density at radius 1 is 1.15 bits per heavy atom. The van der Waals surface area contributed by atoms with Gasteiger partial charge in [-0.3, -0.25) is 4.79 Å². The largest absolute Gasteiger partial charge is 0.497 e. The summed E-state index contributed by atoms with van der Waals surface area (Å²) in [6.45, 7) is 0.390. The van der Waals surface area contributed by atoms with Gasteiger partial charge in [0.25, 0.3) is 5.56 Å². The second-order valence-electron chi connectivity index (χ2n) is 5.93. The predicted molar refractivity (Wildman–Crippen MR) is 106 cm³/mol. The van der Waals surface area contributed by atoms with Gasteiger partial charge in [0.15, 0.2) is 0 Å². The number of nitrogens with one attached hydrogen (secondary N) is 2. The van der Waals surface area contributed by atoms with Gasteiger partial charge in [-0.15, -0.1) is 11.3 Å². The molecular formula is C20H16FN3O2S. The van der Waals surface area contributed by atoms with Gasteiger partial charge in [-0.1, -0.05) is 12.1 Å². The van der Waals surface area contributed by atoms with Crippen LogP contribution < -0.4 is 15.6 Å². The number of aromatic nitrogens is 2. The van der Waals surface area contributed by atoms with Crippen molar-refractivity contribution < 1.29 is 9.13 Å². The lowest BCUT2D eigenvalue weighted by molar-refractivity contribution is 0.415. The number of nitrogens with zero attached hydrogens (tertiary/aromatic N) is 1. The minimum Gasteiger partial charge on any atom is -0.497 e. The Hall–Kier alpha value is -3.19. The molecule has 4 rings (SSSR count). The third-order valence-electron chi connectivity index (χ3n) is 4.20. The topological polar surface area (TPSA) is 67.0 Å². The van der Waals surface area contributed by atoms with Crippen molar-refractivity contribution in [1.29, 1.82) is 0 Å². The molecule has 2 heterocycles. The second-order valence-corrected chi connectivity index (χ2v) is 6.79. The number of halogens is 1. The monoisotopic (exact) mass is 381 g/mol. The molecular weight excluding hydrogens is 365 g/mol. The average Bonchev–Trinajstić information content (AvgIpc) is 3.12. The first-order valence-electron chi connectivity index (χ1n) is 8.28. The van der Waals surface area contributed by atoms with Crippen LogP contribution in [0.15, 0.2) is 58.7 Å². The van der Waals surface area contributed by atoms with E-state index >= 15 is 0 Å². The molecule has 0 amide bonds. The Labute approximate surface area is 158 Å². The van der Waals surface area contributed by atoms with Crippen molar-refractivity contribution in [3.05, 3.63) is 75.9 Å². The molecule has 4 aromatic rings. The number of methoxy groups -OCH3 is 1. The van der Waals surface area contributed by atoms with Crippen LogP contribution in [0, 0.1) is 5.82 Å². The van der Waals surface area contributed by atoms with Crippen LogP contribution >= 0.6 is 11.3 Å². The molecule has 2 aromatic heterocycles. The van der Waals surface area contributed by atoms with E-state index in [0.717, 1.165) is 22.6 Å². The van der Waals surface area contributed by atoms with Gasteiger partial charge in [0.1, 0.15) is 22.2 Å². The number of benzene rings is 2. The molecule has 0 unspecified atom stereocenters. The number of hydrogen-bond acceptors (Lipinski definition) is 5. The lowest BCUT2D eigenvalue weighted by Crippen LogP contribution is -2.14. The van der Waals surface area contributed by atoms with Crippen molar-refractivity contribution in [2.75, 3.05) is 12.4 Å². The predicted octanol–water partition coefficient (Wildman–Crippen LogP) is 4.41. The number of ether oxygens (including phenoxy) is 1. The van der Waals surface area contributed by atoms with Gasteiger partial charge >= 0.3 is 0 Å². The van der Waals surface area contributed by atoms with Gasteiger partial charge in [0.05, 0.1) is 19.0 Å². The number of H-pyrrole nitrogens is 1. The molecule has 27 heavy (non-hydrogen) atoms. The molecule has 7 heteroatoms. The average molecular weight is 381 g/mol. The molecule has 0 saturated carbocycles. The van der Waals surface area contributed by atoms with E-state index < -0.39 is 0 Å². The van der Waals surface area contributed by atoms with Crippen LogP contribution in [0.4, 0.5) is 10.1 Å². The standard InChI is InChI=1S/C20H16FN3O2S/c1-26-15-8-6-14(7-9-15)22-10-17-23-19(25)18-16(11-27-20(18)24-17)12-2-4-13(21)5-3-12/h2-9,11,22H,10H2,1H3,(H,23,24,25). The summed E-state index contributed by atoms with van der Waals surface area (Å²) < 4.78 is 18.3. The first kappa shape index (κ1) is 17.2. The third kappa shape index (κ3) is 3.54. The summed E-state index contributed by atoms with van der Waals surface area (Å²) in [6, 6.07) is 13.6. The summed E-state index contributed by atoms with van der Waals surface area (Å²) in [5.41, 5.74) is 2.25. The maximum absolute atomic E-state index is 13.1. The highest BCUT2D eigenvalue weighted by molar-refractivity contribution is 7.17. The Morgan fingerprint density at radius 3 is 2.59 bits per heavy atom. The highest BCUT2D eigenvalue weighted by Gasteiger charge is 2.13. The second kappa shape index (κ2) is 7.20. The van der Waals surface area contributed by atoms with Gasteiger partial charge < -0.3 is 15.0 Å². The van der Waals surface area contributed by atoms with E-state index in [9.17, 15) is 9.18 Å². The number of thiophene rings is 1. The quantitative estimate of drug-likeness (QED) is 0.537. The molecule has 0 bridgehead atoms. The van der Waals surface area contributed by atoms with E-state index in [1.165, 1.54) is 23.5 Å². The highest BCUT2D eigenvalue weighted by atomic mass is 32.1. The van der Waals surface area contributed by atoms with Crippen LogP contribution in [0.3, 0.4) is 0 Å². The van der Waals surface area contributed by atoms with E-state index in [1.807, 2.05) is 29.6 Å². The van der Waals surface area contributed by atoms with E-state index in [0.29, 0.717) is 22.6 Å². The van der Waals surface area contributed by atoms with Gasteiger partial charge in [-0.05, 0) is 42.0 Å². The Morgan fingerprint density at radius 2 is 1.89 bits per heavy atom. The maximum Gasteiger partial charge on any atom is 0.260 e. The number of rotatable bonds is 5. The fraction of sp³-hybridized carbons (Fsp3) is 0.100. The molecule has 136 valence electrons. The van der Waals surface area contributed by atoms with E-state index in [2.05, 4.69) is 15.3 Å². The van der Waals surface area contributed by atoms with Crippen molar-refractivity contribution >= 4 is 27.2 Å². The molecule has 0 fully saturated rings. The van der Waals surface area contributed by atoms with E-state index in [1.54, 1.807) is 19.2 Å². The molecule has 0 aliphatic carbocycles. The molecule has 2 N–H and O–H groups in total. The van der Waals surface area contributed by atoms with Crippen molar-refractivity contribution in [2.45, 2.75) is 6.54 Å². The van der Waals surface area contributed by atoms with Crippen molar-refractivity contribution in [3.63, 3.8) is 0 Å². The molecule has 5 nitrogen and oxygen atoms in total. The summed E-state index contributed by atoms with van der Waals surface area (Å²) in [7, 11) is 1.62. The lowest BCUT2D eigenvalue weighted by Gasteiger charge is -2.07. The molecule has 0 saturated heterocycles. The summed E-state index contributed by atoms with van der Waals surface area (Å²) in [5, 5.41) is 5.63. The van der Waals surface area contributed by atoms with E-state index in [-0.39, 0.29) is 11.4 Å². The normalized spacial score (nSPS) is 10.9. The molecule has 0 aliphatic rings. The number of hydrogen-bond donors (Lipinski definition) is 2. The van der Waals surface area contributed by atoms with Gasteiger partial charge in [-0.25, -0.2) is 9.37 Å². The highest BCUT2D eigenvalue weighted by Crippen LogP contribution is 2.30. The number of anilines is 1. The van der Waals surface area contributed by atoms with Crippen LogP contribution in [-0.2, 0) is 6.54 Å². The summed E-state index contributed by atoms with van der Waals surface area (Å²) >= 11 is 1.40. The van der Waals surface area contributed by atoms with Crippen LogP contribution in [0.25, 0.3) is 21.3 Å². The molecule has 0 aliphatic heterocycles. The minimum absolute atomic E-state index is 0.202. The van der Waals surface area contributed by atoms with Crippen molar-refractivity contribution in [2.24, 2.45) is 0 Å². The Balaban J connectivity index is 1.60. The van der Waals surface area contributed by atoms with E-state index in [4.69, 9.17) is 4.74 Å². The zero-order valence-corrected chi connectivity index (χ0v) is 15.3. The number of fused-ring (bicyclic) bond motifs is 1. The van der Waals surface area contributed by atoms with Crippen molar-refractivity contribution in [3.8, 4) is 16.9 Å². The van der Waals surface area contributed by atoms with Gasteiger partial charge in [0, 0.05) is 16.6 Å². The summed E-state index contributed by atoms with van der Waals surface area (Å²) in [4.78, 5) is 20.6.